The summed E-state index contributed by atoms with van der Waals surface area (Å²) in [6.45, 7) is 0. The van der Waals surface area contributed by atoms with Gasteiger partial charge >= 0.3 is 0 Å². The number of sulfone groups is 1. The van der Waals surface area contributed by atoms with Crippen LogP contribution in [0.5, 0.6) is 0 Å². The molecule has 2 aromatic rings. The summed E-state index contributed by atoms with van der Waals surface area (Å²) >= 11 is 5.82. The third-order valence-corrected chi connectivity index (χ3v) is 4.51. The molecule has 0 spiro atoms. The molecule has 108 valence electrons. The predicted molar refractivity (Wildman–Crippen MR) is 76.3 cm³/mol. The highest BCUT2D eigenvalue weighted by Crippen LogP contribution is 2.24. The molecule has 1 aromatic heterocycles. The summed E-state index contributed by atoms with van der Waals surface area (Å²) < 4.78 is 42.9. The van der Waals surface area contributed by atoms with Crippen molar-refractivity contribution in [2.24, 2.45) is 0 Å². The van der Waals surface area contributed by atoms with Gasteiger partial charge in [0.05, 0.1) is 11.3 Å². The number of hydrogen-bond donors (Lipinski definition) is 0. The van der Waals surface area contributed by atoms with E-state index in [1.807, 2.05) is 0 Å². The molecule has 4 nitrogen and oxygen atoms in total. The van der Waals surface area contributed by atoms with Crippen molar-refractivity contribution >= 4 is 27.5 Å². The lowest BCUT2D eigenvalue weighted by molar-refractivity contribution is 0.522. The van der Waals surface area contributed by atoms with E-state index < -0.39 is 26.3 Å². The third kappa shape index (κ3) is 3.51. The quantitative estimate of drug-likeness (QED) is 0.806. The fourth-order valence-electron chi connectivity index (χ4n) is 1.63. The van der Waals surface area contributed by atoms with Gasteiger partial charge in [-0.15, -0.1) is 0 Å². The van der Waals surface area contributed by atoms with E-state index in [0.29, 0.717) is 0 Å². The molecule has 1 aromatic carbocycles. The average Bonchev–Trinajstić information content (AvgIpc) is 2.90. The summed E-state index contributed by atoms with van der Waals surface area (Å²) in [5.41, 5.74) is -0.140. The number of halogens is 2. The minimum Gasteiger partial charge on any atom is -0.468 e. The molecule has 0 atom stereocenters. The van der Waals surface area contributed by atoms with Gasteiger partial charge in [-0.25, -0.2) is 12.8 Å². The van der Waals surface area contributed by atoms with Gasteiger partial charge in [-0.1, -0.05) is 17.7 Å². The lowest BCUT2D eigenvalue weighted by Gasteiger charge is -2.03. The first-order chi connectivity index (χ1) is 9.94. The maximum Gasteiger partial charge on any atom is 0.195 e. The van der Waals surface area contributed by atoms with Gasteiger partial charge in [0.1, 0.15) is 28.3 Å². The zero-order valence-electron chi connectivity index (χ0n) is 10.6. The molecule has 0 saturated carbocycles. The van der Waals surface area contributed by atoms with Crippen LogP contribution in [0.1, 0.15) is 11.3 Å². The molecule has 0 N–H and O–H groups in total. The summed E-state index contributed by atoms with van der Waals surface area (Å²) in [7, 11) is -3.95. The van der Waals surface area contributed by atoms with Crippen molar-refractivity contribution in [1.29, 1.82) is 5.26 Å². The monoisotopic (exact) mass is 325 g/mol. The Hall–Kier alpha value is -2.10. The molecule has 2 rings (SSSR count). The van der Waals surface area contributed by atoms with E-state index in [9.17, 15) is 12.8 Å². The van der Waals surface area contributed by atoms with Crippen LogP contribution < -0.4 is 0 Å². The van der Waals surface area contributed by atoms with Crippen LogP contribution in [0.15, 0.2) is 45.9 Å². The number of hydrogen-bond acceptors (Lipinski definition) is 4. The van der Waals surface area contributed by atoms with E-state index in [0.717, 1.165) is 12.1 Å². The zero-order valence-corrected chi connectivity index (χ0v) is 12.2. The average molecular weight is 326 g/mol. The third-order valence-electron chi connectivity index (χ3n) is 2.63. The van der Waals surface area contributed by atoms with Gasteiger partial charge in [0, 0.05) is 5.56 Å². The summed E-state index contributed by atoms with van der Waals surface area (Å²) in [6, 6.07) is 8.50. The molecule has 0 saturated heterocycles. The number of allylic oxidation sites excluding steroid dienone is 1. The van der Waals surface area contributed by atoms with E-state index >= 15 is 0 Å². The highest BCUT2D eigenvalue weighted by Gasteiger charge is 2.21. The van der Waals surface area contributed by atoms with Crippen molar-refractivity contribution in [3.05, 3.63) is 63.7 Å². The minimum atomic E-state index is -3.95. The summed E-state index contributed by atoms with van der Waals surface area (Å²) in [5, 5.41) is 9.06. The molecule has 0 aliphatic rings. The molecule has 0 aliphatic carbocycles. The Balaban J connectivity index is 2.44. The highest BCUT2D eigenvalue weighted by molar-refractivity contribution is 7.94. The van der Waals surface area contributed by atoms with Crippen LogP contribution in [0.2, 0.25) is 5.02 Å². The van der Waals surface area contributed by atoms with Crippen molar-refractivity contribution in [2.75, 3.05) is 0 Å². The molecule has 1 heterocycles. The fraction of sp³-hybridized carbons (Fsp3) is 0.0714. The SMILES string of the molecule is N#C/C(=C/c1c(F)cccc1Cl)S(=O)(=O)Cc1ccco1. The largest absolute Gasteiger partial charge is 0.468 e. The maximum absolute atomic E-state index is 13.7. The second-order valence-electron chi connectivity index (χ2n) is 4.09. The molecular weight excluding hydrogens is 317 g/mol. The Morgan fingerprint density at radius 1 is 1.38 bits per heavy atom. The number of furan rings is 1. The smallest absolute Gasteiger partial charge is 0.195 e. The molecule has 7 heteroatoms. The topological polar surface area (TPSA) is 71.1 Å². The van der Waals surface area contributed by atoms with Crippen LogP contribution in [0.25, 0.3) is 6.08 Å². The number of nitrogens with zero attached hydrogens (tertiary/aromatic N) is 1. The molecule has 0 bridgehead atoms. The molecule has 0 aliphatic heterocycles. The zero-order chi connectivity index (χ0) is 15.5. The Morgan fingerprint density at radius 2 is 2.14 bits per heavy atom. The van der Waals surface area contributed by atoms with Gasteiger partial charge in [0.25, 0.3) is 0 Å². The first-order valence-electron chi connectivity index (χ1n) is 5.75. The van der Waals surface area contributed by atoms with Gasteiger partial charge in [-0.05, 0) is 30.3 Å². The molecule has 21 heavy (non-hydrogen) atoms. The van der Waals surface area contributed by atoms with Crippen LogP contribution in [-0.2, 0) is 15.6 Å². The van der Waals surface area contributed by atoms with E-state index in [1.165, 1.54) is 30.5 Å². The second-order valence-corrected chi connectivity index (χ2v) is 6.46. The van der Waals surface area contributed by atoms with Gasteiger partial charge < -0.3 is 4.42 Å². The summed E-state index contributed by atoms with van der Waals surface area (Å²) in [6.07, 6.45) is 2.25. The number of rotatable bonds is 4. The van der Waals surface area contributed by atoms with E-state index in [1.54, 1.807) is 6.07 Å². The van der Waals surface area contributed by atoms with Crippen LogP contribution in [0.3, 0.4) is 0 Å². The van der Waals surface area contributed by atoms with Crippen molar-refractivity contribution in [1.82, 2.24) is 0 Å². The predicted octanol–water partition coefficient (Wildman–Crippen LogP) is 3.55. The molecule has 0 radical (unpaired) electrons. The lowest BCUT2D eigenvalue weighted by atomic mass is 10.2. The maximum atomic E-state index is 13.7. The van der Waals surface area contributed by atoms with Crippen molar-refractivity contribution < 1.29 is 17.2 Å². The minimum absolute atomic E-state index is 0.0240. The fourth-order valence-corrected chi connectivity index (χ4v) is 2.98. The summed E-state index contributed by atoms with van der Waals surface area (Å²) in [5.74, 6) is -0.995. The Labute approximate surface area is 126 Å². The normalized spacial score (nSPS) is 12.1. The summed E-state index contributed by atoms with van der Waals surface area (Å²) in [4.78, 5) is -0.578. The molecular formula is C14H9ClFNO3S. The van der Waals surface area contributed by atoms with Gasteiger partial charge in [-0.3, -0.25) is 0 Å². The molecule has 0 amide bonds. The van der Waals surface area contributed by atoms with Crippen LogP contribution in [0.4, 0.5) is 4.39 Å². The van der Waals surface area contributed by atoms with E-state index in [-0.39, 0.29) is 16.3 Å². The number of benzene rings is 1. The molecule has 0 unspecified atom stereocenters. The van der Waals surface area contributed by atoms with Crippen molar-refractivity contribution in [3.8, 4) is 6.07 Å². The van der Waals surface area contributed by atoms with E-state index in [4.69, 9.17) is 21.3 Å². The Bertz CT molecular complexity index is 800. The molecule has 0 fully saturated rings. The first kappa shape index (κ1) is 15.3. The van der Waals surface area contributed by atoms with Crippen LogP contribution >= 0.6 is 11.6 Å². The number of nitriles is 1. The van der Waals surface area contributed by atoms with E-state index in [2.05, 4.69) is 0 Å². The second kappa shape index (κ2) is 6.12. The Morgan fingerprint density at radius 3 is 2.71 bits per heavy atom. The first-order valence-corrected chi connectivity index (χ1v) is 7.78. The van der Waals surface area contributed by atoms with Crippen molar-refractivity contribution in [3.63, 3.8) is 0 Å². The lowest BCUT2D eigenvalue weighted by Crippen LogP contribution is -2.06. The standard InChI is InChI=1S/C14H9ClFNO3S/c15-13-4-1-5-14(16)12(13)7-11(8-17)21(18,19)9-10-3-2-6-20-10/h1-7H,9H2/b11-7-. The van der Waals surface area contributed by atoms with Crippen LogP contribution in [0, 0.1) is 17.1 Å². The van der Waals surface area contributed by atoms with Gasteiger partial charge in [0.15, 0.2) is 9.84 Å². The van der Waals surface area contributed by atoms with Gasteiger partial charge in [0.2, 0.25) is 0 Å². The van der Waals surface area contributed by atoms with Crippen LogP contribution in [-0.4, -0.2) is 8.42 Å². The van der Waals surface area contributed by atoms with Gasteiger partial charge in [-0.2, -0.15) is 5.26 Å². The van der Waals surface area contributed by atoms with Crippen molar-refractivity contribution in [2.45, 2.75) is 5.75 Å². The highest BCUT2D eigenvalue weighted by atomic mass is 35.5. The Kier molecular flexibility index (Phi) is 4.46.